The van der Waals surface area contributed by atoms with Gasteiger partial charge >= 0.3 is 0 Å². The highest BCUT2D eigenvalue weighted by Crippen LogP contribution is 2.23. The highest BCUT2D eigenvalue weighted by atomic mass is 35.5. The Morgan fingerprint density at radius 1 is 1.45 bits per heavy atom. The summed E-state index contributed by atoms with van der Waals surface area (Å²) in [5.74, 6) is 0.925. The molecule has 22 heavy (non-hydrogen) atoms. The predicted octanol–water partition coefficient (Wildman–Crippen LogP) is 2.72. The number of hydrogen-bond donors (Lipinski definition) is 1. The van der Waals surface area contributed by atoms with Crippen molar-refractivity contribution in [2.45, 2.75) is 19.4 Å². The Labute approximate surface area is 138 Å². The zero-order chi connectivity index (χ0) is 15.4. The van der Waals surface area contributed by atoms with E-state index in [0.29, 0.717) is 13.1 Å². The molecule has 1 fully saturated rings. The van der Waals surface area contributed by atoms with Crippen molar-refractivity contribution in [3.63, 3.8) is 0 Å². The first kappa shape index (κ1) is 15.2. The van der Waals surface area contributed by atoms with Gasteiger partial charge in [0.1, 0.15) is 5.82 Å². The number of hydrogen-bond acceptors (Lipinski definition) is 5. The zero-order valence-electron chi connectivity index (χ0n) is 12.0. The molecule has 1 atom stereocenters. The van der Waals surface area contributed by atoms with E-state index in [4.69, 9.17) is 11.6 Å². The third-order valence-electron chi connectivity index (χ3n) is 3.73. The lowest BCUT2D eigenvalue weighted by Crippen LogP contribution is -2.43. The quantitative estimate of drug-likeness (QED) is 0.932. The van der Waals surface area contributed by atoms with Gasteiger partial charge in [-0.1, -0.05) is 11.6 Å². The molecule has 0 aromatic carbocycles. The highest BCUT2D eigenvalue weighted by molar-refractivity contribution is 7.16. The average molecular weight is 337 g/mol. The van der Waals surface area contributed by atoms with E-state index in [-0.39, 0.29) is 11.8 Å². The van der Waals surface area contributed by atoms with Crippen LogP contribution in [0.1, 0.15) is 17.7 Å². The van der Waals surface area contributed by atoms with Crippen LogP contribution in [0.5, 0.6) is 0 Å². The highest BCUT2D eigenvalue weighted by Gasteiger charge is 2.26. The van der Waals surface area contributed by atoms with Gasteiger partial charge < -0.3 is 10.2 Å². The first-order valence-corrected chi connectivity index (χ1v) is 8.45. The fraction of sp³-hybridized carbons (Fsp3) is 0.400. The van der Waals surface area contributed by atoms with E-state index in [1.807, 2.05) is 12.1 Å². The summed E-state index contributed by atoms with van der Waals surface area (Å²) in [7, 11) is 0. The van der Waals surface area contributed by atoms with Gasteiger partial charge in [0.05, 0.1) is 23.0 Å². The lowest BCUT2D eigenvalue weighted by Gasteiger charge is -2.32. The molecule has 1 N–H and O–H groups in total. The van der Waals surface area contributed by atoms with Gasteiger partial charge in [-0.15, -0.1) is 11.3 Å². The summed E-state index contributed by atoms with van der Waals surface area (Å²) in [5, 5.41) is 3.00. The van der Waals surface area contributed by atoms with Gasteiger partial charge in [-0.2, -0.15) is 0 Å². The second-order valence-electron chi connectivity index (χ2n) is 5.27. The van der Waals surface area contributed by atoms with Crippen LogP contribution in [0.4, 0.5) is 5.82 Å². The summed E-state index contributed by atoms with van der Waals surface area (Å²) in [6, 6.07) is 3.80. The number of aromatic nitrogens is 2. The van der Waals surface area contributed by atoms with Crippen LogP contribution in [0.3, 0.4) is 0 Å². The molecule has 1 saturated heterocycles. The Morgan fingerprint density at radius 3 is 3.09 bits per heavy atom. The van der Waals surface area contributed by atoms with Crippen molar-refractivity contribution in [1.82, 2.24) is 15.3 Å². The minimum Gasteiger partial charge on any atom is -0.355 e. The molecule has 7 heteroatoms. The fourth-order valence-corrected chi connectivity index (χ4v) is 3.65. The summed E-state index contributed by atoms with van der Waals surface area (Å²) >= 11 is 7.39. The average Bonchev–Trinajstić information content (AvgIpc) is 2.99. The van der Waals surface area contributed by atoms with Crippen LogP contribution in [-0.2, 0) is 11.3 Å². The Balaban J connectivity index is 1.56. The van der Waals surface area contributed by atoms with Crippen molar-refractivity contribution in [2.75, 3.05) is 18.0 Å². The van der Waals surface area contributed by atoms with Crippen molar-refractivity contribution in [2.24, 2.45) is 5.92 Å². The monoisotopic (exact) mass is 336 g/mol. The summed E-state index contributed by atoms with van der Waals surface area (Å²) in [5.41, 5.74) is 0. The van der Waals surface area contributed by atoms with Crippen molar-refractivity contribution in [1.29, 1.82) is 0 Å². The third-order valence-corrected chi connectivity index (χ3v) is 4.96. The molecule has 0 spiro atoms. The molecule has 3 rings (SSSR count). The summed E-state index contributed by atoms with van der Waals surface area (Å²) in [6.07, 6.45) is 6.98. The van der Waals surface area contributed by atoms with Crippen LogP contribution in [-0.4, -0.2) is 29.0 Å². The van der Waals surface area contributed by atoms with E-state index >= 15 is 0 Å². The third kappa shape index (κ3) is 3.75. The summed E-state index contributed by atoms with van der Waals surface area (Å²) in [6.45, 7) is 2.15. The molecular formula is C15H17ClN4OS. The molecule has 116 valence electrons. The van der Waals surface area contributed by atoms with Gasteiger partial charge in [0.25, 0.3) is 0 Å². The molecule has 0 aliphatic carbocycles. The van der Waals surface area contributed by atoms with Gasteiger partial charge in [-0.3, -0.25) is 9.78 Å². The topological polar surface area (TPSA) is 58.1 Å². The molecule has 1 aliphatic heterocycles. The predicted molar refractivity (Wildman–Crippen MR) is 88.1 cm³/mol. The Kier molecular flexibility index (Phi) is 4.90. The molecule has 0 saturated carbocycles. The maximum Gasteiger partial charge on any atom is 0.225 e. The van der Waals surface area contributed by atoms with Gasteiger partial charge in [-0.05, 0) is 25.0 Å². The molecule has 0 radical (unpaired) electrons. The number of nitrogens with one attached hydrogen (secondary N) is 1. The maximum absolute atomic E-state index is 12.4. The second-order valence-corrected chi connectivity index (χ2v) is 7.07. The fourth-order valence-electron chi connectivity index (χ4n) is 2.62. The first-order chi connectivity index (χ1) is 10.7. The van der Waals surface area contributed by atoms with E-state index < -0.39 is 0 Å². The summed E-state index contributed by atoms with van der Waals surface area (Å²) in [4.78, 5) is 24.0. The lowest BCUT2D eigenvalue weighted by molar-refractivity contribution is -0.125. The van der Waals surface area contributed by atoms with Gasteiger partial charge in [0, 0.05) is 30.4 Å². The molecule has 5 nitrogen and oxygen atoms in total. The van der Waals surface area contributed by atoms with Crippen molar-refractivity contribution in [3.8, 4) is 0 Å². The van der Waals surface area contributed by atoms with Crippen molar-refractivity contribution >= 4 is 34.7 Å². The van der Waals surface area contributed by atoms with E-state index in [2.05, 4.69) is 20.2 Å². The maximum atomic E-state index is 12.4. The van der Waals surface area contributed by atoms with Crippen LogP contribution < -0.4 is 10.2 Å². The minimum atomic E-state index is -0.00816. The van der Waals surface area contributed by atoms with Crippen LogP contribution in [0.15, 0.2) is 30.7 Å². The normalized spacial score (nSPS) is 18.2. The van der Waals surface area contributed by atoms with E-state index in [1.54, 1.807) is 18.6 Å². The number of thiophene rings is 1. The Bertz CT molecular complexity index is 633. The Morgan fingerprint density at radius 2 is 2.36 bits per heavy atom. The standard InChI is InChI=1S/C15H17ClN4OS/c16-13-4-3-12(22-13)8-19-15(21)11-2-1-7-20(10-11)14-9-17-5-6-18-14/h3-6,9,11H,1-2,7-8,10H2,(H,19,21)/t11-/m1/s1. The smallest absolute Gasteiger partial charge is 0.225 e. The minimum absolute atomic E-state index is 0.00816. The number of anilines is 1. The molecule has 3 heterocycles. The number of rotatable bonds is 4. The number of carbonyl (C=O) groups is 1. The largest absolute Gasteiger partial charge is 0.355 e. The van der Waals surface area contributed by atoms with Crippen molar-refractivity contribution in [3.05, 3.63) is 39.9 Å². The van der Waals surface area contributed by atoms with Gasteiger partial charge in [-0.25, -0.2) is 4.98 Å². The van der Waals surface area contributed by atoms with Crippen LogP contribution in [0, 0.1) is 5.92 Å². The number of amides is 1. The van der Waals surface area contributed by atoms with Gasteiger partial charge in [0.2, 0.25) is 5.91 Å². The Hall–Kier alpha value is -1.66. The van der Waals surface area contributed by atoms with Crippen LogP contribution in [0.25, 0.3) is 0 Å². The number of piperidine rings is 1. The molecule has 1 amide bonds. The van der Waals surface area contributed by atoms with Gasteiger partial charge in [0.15, 0.2) is 0 Å². The zero-order valence-corrected chi connectivity index (χ0v) is 13.6. The molecule has 1 aliphatic rings. The van der Waals surface area contributed by atoms with E-state index in [1.165, 1.54) is 11.3 Å². The summed E-state index contributed by atoms with van der Waals surface area (Å²) < 4.78 is 0.746. The van der Waals surface area contributed by atoms with E-state index in [0.717, 1.165) is 34.4 Å². The lowest BCUT2D eigenvalue weighted by atomic mass is 9.97. The number of halogens is 1. The van der Waals surface area contributed by atoms with Crippen LogP contribution >= 0.6 is 22.9 Å². The first-order valence-electron chi connectivity index (χ1n) is 7.25. The number of nitrogens with zero attached hydrogens (tertiary/aromatic N) is 3. The molecule has 2 aromatic heterocycles. The van der Waals surface area contributed by atoms with E-state index in [9.17, 15) is 4.79 Å². The number of carbonyl (C=O) groups excluding carboxylic acids is 1. The molecule has 0 bridgehead atoms. The molecule has 2 aromatic rings. The van der Waals surface area contributed by atoms with Crippen molar-refractivity contribution < 1.29 is 4.79 Å². The SMILES string of the molecule is O=C(NCc1ccc(Cl)s1)[C@@H]1CCCN(c2cnccn2)C1. The second kappa shape index (κ2) is 7.07. The molecule has 0 unspecified atom stereocenters. The molecular weight excluding hydrogens is 320 g/mol. The van der Waals surface area contributed by atoms with Crippen LogP contribution in [0.2, 0.25) is 4.34 Å².